The van der Waals surface area contributed by atoms with E-state index in [1.807, 2.05) is 0 Å². The van der Waals surface area contributed by atoms with Crippen LogP contribution in [0, 0.1) is 0 Å². The molecule has 0 aliphatic rings. The van der Waals surface area contributed by atoms with E-state index in [0.29, 0.717) is 24.2 Å². The van der Waals surface area contributed by atoms with E-state index < -0.39 is 11.7 Å². The maximum absolute atomic E-state index is 12.7. The van der Waals surface area contributed by atoms with Crippen LogP contribution in [0.5, 0.6) is 0 Å². The SMILES string of the molecule is Cl.NCCC(=O)NCc1ccc(-c2cccc(C(F)(F)F)c2)cc1. The molecule has 0 atom stereocenters. The molecule has 0 spiro atoms. The van der Waals surface area contributed by atoms with Crippen LogP contribution in [0.3, 0.4) is 0 Å². The van der Waals surface area contributed by atoms with Gasteiger partial charge in [-0.3, -0.25) is 4.79 Å². The van der Waals surface area contributed by atoms with Crippen LogP contribution in [0.1, 0.15) is 17.5 Å². The van der Waals surface area contributed by atoms with Crippen molar-refractivity contribution in [1.82, 2.24) is 5.32 Å². The molecule has 0 aliphatic heterocycles. The van der Waals surface area contributed by atoms with Crippen LogP contribution in [-0.4, -0.2) is 12.5 Å². The zero-order valence-electron chi connectivity index (χ0n) is 12.8. The van der Waals surface area contributed by atoms with Gasteiger partial charge in [0.15, 0.2) is 0 Å². The minimum absolute atomic E-state index is 0. The van der Waals surface area contributed by atoms with Crippen LogP contribution in [0.4, 0.5) is 13.2 Å². The lowest BCUT2D eigenvalue weighted by atomic mass is 10.0. The summed E-state index contributed by atoms with van der Waals surface area (Å²) in [5.41, 5.74) is 6.66. The monoisotopic (exact) mass is 358 g/mol. The lowest BCUT2D eigenvalue weighted by Crippen LogP contribution is -2.24. The smallest absolute Gasteiger partial charge is 0.352 e. The molecule has 130 valence electrons. The second-order valence-corrected chi connectivity index (χ2v) is 5.09. The molecule has 3 nitrogen and oxygen atoms in total. The number of halogens is 4. The summed E-state index contributed by atoms with van der Waals surface area (Å²) >= 11 is 0. The van der Waals surface area contributed by atoms with E-state index in [4.69, 9.17) is 5.73 Å². The summed E-state index contributed by atoms with van der Waals surface area (Å²) < 4.78 is 38.2. The van der Waals surface area contributed by atoms with Crippen molar-refractivity contribution in [2.45, 2.75) is 19.1 Å². The van der Waals surface area contributed by atoms with Crippen molar-refractivity contribution in [2.75, 3.05) is 6.54 Å². The number of carbonyl (C=O) groups excluding carboxylic acids is 1. The van der Waals surface area contributed by atoms with Gasteiger partial charge < -0.3 is 11.1 Å². The third kappa shape index (κ3) is 5.54. The zero-order chi connectivity index (χ0) is 16.9. The van der Waals surface area contributed by atoms with Crippen LogP contribution >= 0.6 is 12.4 Å². The van der Waals surface area contributed by atoms with Crippen LogP contribution in [0.2, 0.25) is 0 Å². The van der Waals surface area contributed by atoms with Crippen LogP contribution in [-0.2, 0) is 17.5 Å². The van der Waals surface area contributed by atoms with E-state index in [1.165, 1.54) is 6.07 Å². The molecule has 7 heteroatoms. The molecule has 2 aromatic rings. The van der Waals surface area contributed by atoms with Gasteiger partial charge >= 0.3 is 6.18 Å². The predicted octanol–water partition coefficient (Wildman–Crippen LogP) is 3.76. The highest BCUT2D eigenvalue weighted by Gasteiger charge is 2.30. The van der Waals surface area contributed by atoms with E-state index in [-0.39, 0.29) is 24.7 Å². The second-order valence-electron chi connectivity index (χ2n) is 5.09. The highest BCUT2D eigenvalue weighted by Crippen LogP contribution is 2.32. The number of rotatable bonds is 5. The average Bonchev–Trinajstić information content (AvgIpc) is 2.53. The number of hydrogen-bond donors (Lipinski definition) is 2. The van der Waals surface area contributed by atoms with Crippen molar-refractivity contribution < 1.29 is 18.0 Å². The lowest BCUT2D eigenvalue weighted by Gasteiger charge is -2.10. The first-order chi connectivity index (χ1) is 10.9. The van der Waals surface area contributed by atoms with Gasteiger partial charge in [-0.05, 0) is 28.8 Å². The highest BCUT2D eigenvalue weighted by molar-refractivity contribution is 5.85. The Kier molecular flexibility index (Phi) is 7.25. The van der Waals surface area contributed by atoms with E-state index in [1.54, 1.807) is 30.3 Å². The van der Waals surface area contributed by atoms with Gasteiger partial charge in [-0.2, -0.15) is 13.2 Å². The zero-order valence-corrected chi connectivity index (χ0v) is 13.6. The minimum atomic E-state index is -4.36. The topological polar surface area (TPSA) is 55.1 Å². The van der Waals surface area contributed by atoms with Gasteiger partial charge in [-0.1, -0.05) is 36.4 Å². The Morgan fingerprint density at radius 1 is 1.04 bits per heavy atom. The van der Waals surface area contributed by atoms with Crippen LogP contribution in [0.25, 0.3) is 11.1 Å². The predicted molar refractivity (Wildman–Crippen MR) is 89.6 cm³/mol. The summed E-state index contributed by atoms with van der Waals surface area (Å²) in [5.74, 6) is -0.130. The van der Waals surface area contributed by atoms with E-state index >= 15 is 0 Å². The van der Waals surface area contributed by atoms with Gasteiger partial charge in [0.2, 0.25) is 5.91 Å². The Hall–Kier alpha value is -2.05. The number of nitrogens with one attached hydrogen (secondary N) is 1. The average molecular weight is 359 g/mol. The number of benzene rings is 2. The van der Waals surface area contributed by atoms with E-state index in [0.717, 1.165) is 17.7 Å². The van der Waals surface area contributed by atoms with Crippen molar-refractivity contribution in [3.8, 4) is 11.1 Å². The van der Waals surface area contributed by atoms with Crippen LogP contribution in [0.15, 0.2) is 48.5 Å². The largest absolute Gasteiger partial charge is 0.416 e. The van der Waals surface area contributed by atoms with Gasteiger partial charge in [-0.25, -0.2) is 0 Å². The molecule has 2 rings (SSSR count). The molecule has 0 heterocycles. The first-order valence-electron chi connectivity index (χ1n) is 7.13. The fourth-order valence-electron chi connectivity index (χ4n) is 2.11. The summed E-state index contributed by atoms with van der Waals surface area (Å²) in [6.07, 6.45) is -4.09. The maximum Gasteiger partial charge on any atom is 0.416 e. The number of hydrogen-bond acceptors (Lipinski definition) is 2. The minimum Gasteiger partial charge on any atom is -0.352 e. The van der Waals surface area contributed by atoms with E-state index in [9.17, 15) is 18.0 Å². The number of carbonyl (C=O) groups is 1. The van der Waals surface area contributed by atoms with Crippen molar-refractivity contribution >= 4 is 18.3 Å². The fraction of sp³-hybridized carbons (Fsp3) is 0.235. The van der Waals surface area contributed by atoms with Crippen molar-refractivity contribution in [1.29, 1.82) is 0 Å². The van der Waals surface area contributed by atoms with Gasteiger partial charge in [0.1, 0.15) is 0 Å². The number of nitrogens with two attached hydrogens (primary N) is 1. The quantitative estimate of drug-likeness (QED) is 0.855. The van der Waals surface area contributed by atoms with E-state index in [2.05, 4.69) is 5.32 Å². The first-order valence-corrected chi connectivity index (χ1v) is 7.13. The molecule has 0 aliphatic carbocycles. The summed E-state index contributed by atoms with van der Waals surface area (Å²) in [5, 5.41) is 2.72. The molecule has 2 aromatic carbocycles. The normalized spacial score (nSPS) is 10.8. The Bertz CT molecular complexity index is 672. The fourth-order valence-corrected chi connectivity index (χ4v) is 2.11. The number of amides is 1. The first kappa shape index (κ1) is 20.0. The van der Waals surface area contributed by atoms with Crippen LogP contribution < -0.4 is 11.1 Å². The van der Waals surface area contributed by atoms with Gasteiger partial charge in [0.05, 0.1) is 5.56 Å². The summed E-state index contributed by atoms with van der Waals surface area (Å²) in [7, 11) is 0. The molecule has 0 aromatic heterocycles. The Morgan fingerprint density at radius 2 is 1.71 bits per heavy atom. The molecule has 0 fully saturated rings. The molecule has 0 saturated carbocycles. The van der Waals surface area contributed by atoms with Gasteiger partial charge in [-0.15, -0.1) is 12.4 Å². The third-order valence-electron chi connectivity index (χ3n) is 3.34. The Morgan fingerprint density at radius 3 is 2.29 bits per heavy atom. The molecule has 0 bridgehead atoms. The van der Waals surface area contributed by atoms with Crippen molar-refractivity contribution in [3.63, 3.8) is 0 Å². The van der Waals surface area contributed by atoms with Crippen molar-refractivity contribution in [2.24, 2.45) is 5.73 Å². The molecule has 3 N–H and O–H groups in total. The molecule has 24 heavy (non-hydrogen) atoms. The standard InChI is InChI=1S/C17H17F3N2O.ClH/c18-17(19,20)15-3-1-2-14(10-15)13-6-4-12(5-7-13)11-22-16(23)8-9-21;/h1-7,10H,8-9,11,21H2,(H,22,23);1H. The Balaban J connectivity index is 0.00000288. The second kappa shape index (κ2) is 8.70. The highest BCUT2D eigenvalue weighted by atomic mass is 35.5. The molecule has 1 amide bonds. The van der Waals surface area contributed by atoms with Crippen molar-refractivity contribution in [3.05, 3.63) is 59.7 Å². The van der Waals surface area contributed by atoms with Gasteiger partial charge in [0, 0.05) is 19.5 Å². The molecule has 0 saturated heterocycles. The maximum atomic E-state index is 12.7. The Labute approximate surface area is 144 Å². The molecule has 0 radical (unpaired) electrons. The summed E-state index contributed by atoms with van der Waals surface area (Å²) in [4.78, 5) is 11.3. The summed E-state index contributed by atoms with van der Waals surface area (Å²) in [6.45, 7) is 0.655. The number of alkyl halides is 3. The molecular weight excluding hydrogens is 341 g/mol. The lowest BCUT2D eigenvalue weighted by molar-refractivity contribution is -0.137. The molecule has 0 unspecified atom stereocenters. The molecular formula is C17H18ClF3N2O. The summed E-state index contributed by atoms with van der Waals surface area (Å²) in [6, 6.07) is 12.2. The van der Waals surface area contributed by atoms with Gasteiger partial charge in [0.25, 0.3) is 0 Å². The third-order valence-corrected chi connectivity index (χ3v) is 3.34.